The van der Waals surface area contributed by atoms with Crippen LogP contribution in [-0.4, -0.2) is 19.5 Å². The summed E-state index contributed by atoms with van der Waals surface area (Å²) in [6.45, 7) is 0.639. The Morgan fingerprint density at radius 1 is 1.20 bits per heavy atom. The minimum Gasteiger partial charge on any atom is -0.392 e. The van der Waals surface area contributed by atoms with Crippen molar-refractivity contribution in [2.75, 3.05) is 5.32 Å². The van der Waals surface area contributed by atoms with E-state index in [-0.39, 0.29) is 6.61 Å². The fourth-order valence-electron chi connectivity index (χ4n) is 2.06. The molecule has 0 saturated heterocycles. The molecule has 0 amide bonds. The van der Waals surface area contributed by atoms with E-state index in [4.69, 9.17) is 0 Å². The van der Waals surface area contributed by atoms with Crippen molar-refractivity contribution in [3.8, 4) is 0 Å². The fourth-order valence-corrected chi connectivity index (χ4v) is 2.37. The summed E-state index contributed by atoms with van der Waals surface area (Å²) < 4.78 is 2.74. The molecule has 20 heavy (non-hydrogen) atoms. The van der Waals surface area contributed by atoms with Gasteiger partial charge in [-0.2, -0.15) is 0 Å². The van der Waals surface area contributed by atoms with Gasteiger partial charge in [-0.15, -0.1) is 0 Å². The van der Waals surface area contributed by atoms with Gasteiger partial charge in [-0.3, -0.25) is 4.40 Å². The van der Waals surface area contributed by atoms with Crippen molar-refractivity contribution in [2.24, 2.45) is 0 Å². The molecule has 0 spiro atoms. The van der Waals surface area contributed by atoms with Crippen molar-refractivity contribution in [1.82, 2.24) is 14.4 Å². The van der Waals surface area contributed by atoms with E-state index < -0.39 is 0 Å². The van der Waals surface area contributed by atoms with E-state index in [1.807, 2.05) is 41.1 Å². The van der Waals surface area contributed by atoms with Crippen LogP contribution in [0, 0.1) is 0 Å². The highest BCUT2D eigenvalue weighted by molar-refractivity contribution is 9.10. The fraction of sp³-hybridized carbons (Fsp3) is 0.143. The highest BCUT2D eigenvalue weighted by atomic mass is 79.9. The van der Waals surface area contributed by atoms with E-state index in [0.717, 1.165) is 27.2 Å². The summed E-state index contributed by atoms with van der Waals surface area (Å²) in [6, 6.07) is 7.70. The number of nitrogens with one attached hydrogen (secondary N) is 1. The molecule has 0 aliphatic heterocycles. The summed E-state index contributed by atoms with van der Waals surface area (Å²) >= 11 is 3.36. The average Bonchev–Trinajstić information content (AvgIpc) is 2.87. The number of hydrogen-bond acceptors (Lipinski definition) is 4. The number of nitrogens with zero attached hydrogens (tertiary/aromatic N) is 3. The van der Waals surface area contributed by atoms with Gasteiger partial charge < -0.3 is 10.4 Å². The molecule has 0 fully saturated rings. The number of aliphatic hydroxyl groups is 1. The van der Waals surface area contributed by atoms with Crippen molar-refractivity contribution >= 4 is 27.3 Å². The zero-order chi connectivity index (χ0) is 13.9. The van der Waals surface area contributed by atoms with Gasteiger partial charge in [-0.05, 0) is 22.0 Å². The van der Waals surface area contributed by atoms with E-state index in [2.05, 4.69) is 31.2 Å². The number of fused-ring (bicyclic) bond motifs is 1. The normalized spacial score (nSPS) is 10.9. The smallest absolute Gasteiger partial charge is 0.155 e. The predicted molar refractivity (Wildman–Crippen MR) is 80.4 cm³/mol. The maximum absolute atomic E-state index is 9.31. The highest BCUT2D eigenvalue weighted by Crippen LogP contribution is 2.17. The van der Waals surface area contributed by atoms with Crippen molar-refractivity contribution in [3.05, 3.63) is 58.7 Å². The van der Waals surface area contributed by atoms with Crippen molar-refractivity contribution in [2.45, 2.75) is 13.2 Å². The number of para-hydroxylation sites is 1. The van der Waals surface area contributed by atoms with Gasteiger partial charge in [-0.25, -0.2) is 9.97 Å². The number of benzene rings is 1. The van der Waals surface area contributed by atoms with Crippen molar-refractivity contribution in [3.63, 3.8) is 0 Å². The van der Waals surface area contributed by atoms with E-state index >= 15 is 0 Å². The van der Waals surface area contributed by atoms with Crippen LogP contribution >= 0.6 is 15.9 Å². The molecule has 6 heteroatoms. The van der Waals surface area contributed by atoms with Gasteiger partial charge in [0.05, 0.1) is 31.2 Å². The Morgan fingerprint density at radius 2 is 2.05 bits per heavy atom. The summed E-state index contributed by atoms with van der Waals surface area (Å²) in [4.78, 5) is 8.45. The third-order valence-corrected chi connectivity index (χ3v) is 3.50. The second-order valence-electron chi connectivity index (χ2n) is 4.36. The predicted octanol–water partition coefficient (Wildman–Crippen LogP) is 2.60. The summed E-state index contributed by atoms with van der Waals surface area (Å²) in [5, 5.41) is 12.6. The lowest BCUT2D eigenvalue weighted by Gasteiger charge is -2.10. The topological polar surface area (TPSA) is 62.5 Å². The lowest BCUT2D eigenvalue weighted by molar-refractivity contribution is 0.282. The number of rotatable bonds is 4. The molecule has 1 aromatic carbocycles. The van der Waals surface area contributed by atoms with Gasteiger partial charge in [0.25, 0.3) is 0 Å². The van der Waals surface area contributed by atoms with Crippen LogP contribution in [0.4, 0.5) is 5.69 Å². The van der Waals surface area contributed by atoms with Gasteiger partial charge in [0.2, 0.25) is 0 Å². The van der Waals surface area contributed by atoms with Crippen LogP contribution in [0.3, 0.4) is 0 Å². The summed E-state index contributed by atoms with van der Waals surface area (Å²) in [6.07, 6.45) is 5.42. The molecule has 0 saturated carbocycles. The van der Waals surface area contributed by atoms with Crippen molar-refractivity contribution < 1.29 is 5.11 Å². The van der Waals surface area contributed by atoms with Crippen LogP contribution in [-0.2, 0) is 13.2 Å². The molecule has 0 aliphatic carbocycles. The molecule has 0 atom stereocenters. The second kappa shape index (κ2) is 5.60. The average molecular weight is 333 g/mol. The van der Waals surface area contributed by atoms with Crippen LogP contribution in [0.5, 0.6) is 0 Å². The van der Waals surface area contributed by atoms with E-state index in [1.165, 1.54) is 0 Å². The molecule has 2 aromatic heterocycles. The molecule has 2 N–H and O–H groups in total. The number of hydrogen-bond donors (Lipinski definition) is 2. The maximum Gasteiger partial charge on any atom is 0.155 e. The van der Waals surface area contributed by atoms with Gasteiger partial charge in [0, 0.05) is 17.4 Å². The monoisotopic (exact) mass is 332 g/mol. The minimum absolute atomic E-state index is 0.0196. The lowest BCUT2D eigenvalue weighted by Crippen LogP contribution is -2.05. The molecular formula is C14H13BrN4O. The zero-order valence-corrected chi connectivity index (χ0v) is 12.2. The standard InChI is InChI=1S/C14H13BrN4O/c15-13-8-19-11(6-18-14(19)7-17-13)5-16-12-4-2-1-3-10(12)9-20/h1-4,6-8,16,20H,5,9H2. The maximum atomic E-state index is 9.31. The van der Waals surface area contributed by atoms with Crippen LogP contribution < -0.4 is 5.32 Å². The first-order valence-corrected chi connectivity index (χ1v) is 6.97. The number of halogens is 1. The van der Waals surface area contributed by atoms with Gasteiger partial charge >= 0.3 is 0 Å². The molecule has 102 valence electrons. The number of imidazole rings is 1. The number of aromatic nitrogens is 3. The Hall–Kier alpha value is -1.92. The van der Waals surface area contributed by atoms with Crippen LogP contribution in [0.1, 0.15) is 11.3 Å². The molecular weight excluding hydrogens is 320 g/mol. The zero-order valence-electron chi connectivity index (χ0n) is 10.6. The van der Waals surface area contributed by atoms with E-state index in [1.54, 1.807) is 6.20 Å². The first-order valence-electron chi connectivity index (χ1n) is 6.18. The van der Waals surface area contributed by atoms with E-state index in [0.29, 0.717) is 6.54 Å². The molecule has 3 rings (SSSR count). The first-order chi connectivity index (χ1) is 9.78. The quantitative estimate of drug-likeness (QED) is 0.770. The van der Waals surface area contributed by atoms with E-state index in [9.17, 15) is 5.11 Å². The Morgan fingerprint density at radius 3 is 2.90 bits per heavy atom. The summed E-state index contributed by atoms with van der Waals surface area (Å²) in [5.74, 6) is 0. The third-order valence-electron chi connectivity index (χ3n) is 3.09. The first kappa shape index (κ1) is 13.1. The minimum atomic E-state index is 0.0196. The molecule has 0 unspecified atom stereocenters. The Balaban J connectivity index is 1.85. The molecule has 5 nitrogen and oxygen atoms in total. The van der Waals surface area contributed by atoms with Gasteiger partial charge in [-0.1, -0.05) is 18.2 Å². The van der Waals surface area contributed by atoms with Crippen LogP contribution in [0.15, 0.2) is 47.5 Å². The Kier molecular flexibility index (Phi) is 3.66. The molecule has 2 heterocycles. The highest BCUT2D eigenvalue weighted by Gasteiger charge is 2.05. The lowest BCUT2D eigenvalue weighted by atomic mass is 10.2. The van der Waals surface area contributed by atoms with Crippen molar-refractivity contribution in [1.29, 1.82) is 0 Å². The summed E-state index contributed by atoms with van der Waals surface area (Å²) in [7, 11) is 0. The molecule has 0 radical (unpaired) electrons. The van der Waals surface area contributed by atoms with Crippen LogP contribution in [0.25, 0.3) is 5.65 Å². The molecule has 0 bridgehead atoms. The van der Waals surface area contributed by atoms with Crippen LogP contribution in [0.2, 0.25) is 0 Å². The van der Waals surface area contributed by atoms with Gasteiger partial charge in [0.1, 0.15) is 4.60 Å². The Labute approximate surface area is 124 Å². The molecule has 0 aliphatic rings. The Bertz CT molecular complexity index is 741. The second-order valence-corrected chi connectivity index (χ2v) is 5.17. The SMILES string of the molecule is OCc1ccccc1NCc1cnc2cnc(Br)cn12. The largest absolute Gasteiger partial charge is 0.392 e. The molecule has 3 aromatic rings. The van der Waals surface area contributed by atoms with Gasteiger partial charge in [0.15, 0.2) is 5.65 Å². The third kappa shape index (κ3) is 2.52. The summed E-state index contributed by atoms with van der Waals surface area (Å²) in [5.41, 5.74) is 3.64. The number of anilines is 1. The number of aliphatic hydroxyl groups excluding tert-OH is 1.